The predicted octanol–water partition coefficient (Wildman–Crippen LogP) is 1.59. The molecule has 19 heavy (non-hydrogen) atoms. The second kappa shape index (κ2) is 6.82. The molecule has 0 unspecified atom stereocenters. The summed E-state index contributed by atoms with van der Waals surface area (Å²) in [6.07, 6.45) is 3.50. The number of anilines is 1. The fourth-order valence-electron chi connectivity index (χ4n) is 2.33. The Balaban J connectivity index is 1.94. The minimum Gasteiger partial charge on any atom is -0.380 e. The first kappa shape index (κ1) is 14.2. The van der Waals surface area contributed by atoms with Gasteiger partial charge in [0.15, 0.2) is 0 Å². The predicted molar refractivity (Wildman–Crippen MR) is 76.4 cm³/mol. The van der Waals surface area contributed by atoms with Crippen molar-refractivity contribution < 1.29 is 4.74 Å². The fourth-order valence-corrected chi connectivity index (χ4v) is 2.33. The van der Waals surface area contributed by atoms with E-state index in [1.54, 1.807) is 6.33 Å². The Morgan fingerprint density at radius 3 is 3.16 bits per heavy atom. The van der Waals surface area contributed by atoms with Gasteiger partial charge in [-0.1, -0.05) is 13.8 Å². The molecular formula is C14H24N4O. The first-order valence-electron chi connectivity index (χ1n) is 6.97. The number of hydrogen-bond acceptors (Lipinski definition) is 5. The number of hydrogen-bond donors (Lipinski definition) is 1. The van der Waals surface area contributed by atoms with Gasteiger partial charge in [-0.15, -0.1) is 0 Å². The SMILES string of the molecule is CC(C)c1cncnc1NC[C@H]1COCCN(C)C1. The lowest BCUT2D eigenvalue weighted by Crippen LogP contribution is -2.30. The summed E-state index contributed by atoms with van der Waals surface area (Å²) in [7, 11) is 2.14. The van der Waals surface area contributed by atoms with Gasteiger partial charge in [0.1, 0.15) is 12.1 Å². The summed E-state index contributed by atoms with van der Waals surface area (Å²) in [5.41, 5.74) is 1.17. The molecule has 0 bridgehead atoms. The molecular weight excluding hydrogens is 240 g/mol. The van der Waals surface area contributed by atoms with Gasteiger partial charge in [-0.2, -0.15) is 0 Å². The third-order valence-corrected chi connectivity index (χ3v) is 3.46. The Kier molecular flexibility index (Phi) is 5.10. The molecule has 1 fully saturated rings. The smallest absolute Gasteiger partial charge is 0.132 e. The average Bonchev–Trinajstić information content (AvgIpc) is 2.61. The molecule has 1 aliphatic rings. The minimum atomic E-state index is 0.428. The lowest BCUT2D eigenvalue weighted by atomic mass is 10.1. The average molecular weight is 264 g/mol. The molecule has 1 saturated heterocycles. The van der Waals surface area contributed by atoms with Crippen molar-refractivity contribution in [2.24, 2.45) is 5.92 Å². The first-order valence-corrected chi connectivity index (χ1v) is 6.97. The van der Waals surface area contributed by atoms with Crippen LogP contribution in [-0.4, -0.2) is 54.8 Å². The topological polar surface area (TPSA) is 50.3 Å². The summed E-state index contributed by atoms with van der Waals surface area (Å²) < 4.78 is 5.63. The van der Waals surface area contributed by atoms with E-state index in [0.29, 0.717) is 11.8 Å². The van der Waals surface area contributed by atoms with Crippen LogP contribution in [0, 0.1) is 5.92 Å². The number of ether oxygens (including phenoxy) is 1. The van der Waals surface area contributed by atoms with Crippen LogP contribution in [0.5, 0.6) is 0 Å². The number of aromatic nitrogens is 2. The van der Waals surface area contributed by atoms with Crippen LogP contribution >= 0.6 is 0 Å². The van der Waals surface area contributed by atoms with Gasteiger partial charge < -0.3 is 15.0 Å². The van der Waals surface area contributed by atoms with E-state index in [2.05, 4.69) is 41.1 Å². The van der Waals surface area contributed by atoms with Gasteiger partial charge in [0.05, 0.1) is 13.2 Å². The number of rotatable bonds is 4. The third kappa shape index (κ3) is 4.14. The Morgan fingerprint density at radius 2 is 2.37 bits per heavy atom. The molecule has 0 aromatic carbocycles. The van der Waals surface area contributed by atoms with Crippen molar-refractivity contribution in [3.05, 3.63) is 18.1 Å². The van der Waals surface area contributed by atoms with Crippen LogP contribution in [0.2, 0.25) is 0 Å². The molecule has 2 heterocycles. The minimum absolute atomic E-state index is 0.428. The number of likely N-dealkylation sites (N-methyl/N-ethyl adjacent to an activating group) is 1. The van der Waals surface area contributed by atoms with E-state index in [1.165, 1.54) is 5.56 Å². The molecule has 1 N–H and O–H groups in total. The Labute approximate surface area is 115 Å². The molecule has 0 amide bonds. The quantitative estimate of drug-likeness (QED) is 0.895. The van der Waals surface area contributed by atoms with Crippen LogP contribution in [0.4, 0.5) is 5.82 Å². The molecule has 1 aromatic rings. The van der Waals surface area contributed by atoms with E-state index in [0.717, 1.165) is 38.7 Å². The molecule has 106 valence electrons. The molecule has 1 atom stereocenters. The van der Waals surface area contributed by atoms with Gasteiger partial charge in [-0.3, -0.25) is 0 Å². The zero-order valence-corrected chi connectivity index (χ0v) is 12.1. The van der Waals surface area contributed by atoms with Crippen molar-refractivity contribution in [2.75, 3.05) is 45.2 Å². The van der Waals surface area contributed by atoms with Crippen LogP contribution in [0.1, 0.15) is 25.3 Å². The van der Waals surface area contributed by atoms with Crippen molar-refractivity contribution in [1.82, 2.24) is 14.9 Å². The van der Waals surface area contributed by atoms with Gasteiger partial charge >= 0.3 is 0 Å². The van der Waals surface area contributed by atoms with Crippen LogP contribution in [0.3, 0.4) is 0 Å². The van der Waals surface area contributed by atoms with E-state index in [-0.39, 0.29) is 0 Å². The van der Waals surface area contributed by atoms with Crippen LogP contribution in [0.25, 0.3) is 0 Å². The first-order chi connectivity index (χ1) is 9.16. The maximum atomic E-state index is 5.63. The van der Waals surface area contributed by atoms with E-state index in [1.807, 2.05) is 6.20 Å². The lowest BCUT2D eigenvalue weighted by Gasteiger charge is -2.20. The maximum absolute atomic E-state index is 5.63. The molecule has 5 nitrogen and oxygen atoms in total. The molecule has 1 aromatic heterocycles. The van der Waals surface area contributed by atoms with E-state index < -0.39 is 0 Å². The zero-order chi connectivity index (χ0) is 13.7. The molecule has 0 radical (unpaired) electrons. The molecule has 0 spiro atoms. The Morgan fingerprint density at radius 1 is 1.53 bits per heavy atom. The summed E-state index contributed by atoms with van der Waals surface area (Å²) in [5.74, 6) is 1.89. The van der Waals surface area contributed by atoms with Gasteiger partial charge in [0.25, 0.3) is 0 Å². The van der Waals surface area contributed by atoms with Crippen molar-refractivity contribution in [3.63, 3.8) is 0 Å². The third-order valence-electron chi connectivity index (χ3n) is 3.46. The summed E-state index contributed by atoms with van der Waals surface area (Å²) in [6, 6.07) is 0. The van der Waals surface area contributed by atoms with Gasteiger partial charge in [-0.25, -0.2) is 9.97 Å². The molecule has 5 heteroatoms. The van der Waals surface area contributed by atoms with E-state index in [9.17, 15) is 0 Å². The Hall–Kier alpha value is -1.20. The highest BCUT2D eigenvalue weighted by Crippen LogP contribution is 2.20. The molecule has 0 aliphatic carbocycles. The standard InChI is InChI=1S/C14H24N4O/c1-11(2)13-7-15-10-17-14(13)16-6-12-8-18(3)4-5-19-9-12/h7,10-12H,4-6,8-9H2,1-3H3,(H,15,16,17)/t12-/m1/s1. The largest absolute Gasteiger partial charge is 0.380 e. The number of nitrogens with one attached hydrogen (secondary N) is 1. The summed E-state index contributed by atoms with van der Waals surface area (Å²) in [6.45, 7) is 8.94. The summed E-state index contributed by atoms with van der Waals surface area (Å²) in [5, 5.41) is 3.45. The highest BCUT2D eigenvalue weighted by molar-refractivity contribution is 5.43. The highest BCUT2D eigenvalue weighted by atomic mass is 16.5. The van der Waals surface area contributed by atoms with Crippen molar-refractivity contribution in [2.45, 2.75) is 19.8 Å². The fraction of sp³-hybridized carbons (Fsp3) is 0.714. The van der Waals surface area contributed by atoms with Crippen LogP contribution < -0.4 is 5.32 Å². The van der Waals surface area contributed by atoms with Crippen LogP contribution in [0.15, 0.2) is 12.5 Å². The zero-order valence-electron chi connectivity index (χ0n) is 12.1. The second-order valence-corrected chi connectivity index (χ2v) is 5.57. The van der Waals surface area contributed by atoms with Gasteiger partial charge in [-0.05, 0) is 13.0 Å². The van der Waals surface area contributed by atoms with Gasteiger partial charge in [0.2, 0.25) is 0 Å². The molecule has 2 rings (SSSR count). The number of nitrogens with zero attached hydrogens (tertiary/aromatic N) is 3. The van der Waals surface area contributed by atoms with Crippen molar-refractivity contribution >= 4 is 5.82 Å². The maximum Gasteiger partial charge on any atom is 0.132 e. The van der Waals surface area contributed by atoms with Crippen LogP contribution in [-0.2, 0) is 4.74 Å². The summed E-state index contributed by atoms with van der Waals surface area (Å²) in [4.78, 5) is 10.8. The second-order valence-electron chi connectivity index (χ2n) is 5.57. The molecule has 1 aliphatic heterocycles. The normalized spacial score (nSPS) is 21.4. The van der Waals surface area contributed by atoms with E-state index >= 15 is 0 Å². The van der Waals surface area contributed by atoms with Gasteiger partial charge in [0, 0.05) is 37.3 Å². The Bertz CT molecular complexity index is 397. The highest BCUT2D eigenvalue weighted by Gasteiger charge is 2.17. The molecule has 0 saturated carbocycles. The monoisotopic (exact) mass is 264 g/mol. The van der Waals surface area contributed by atoms with Crippen molar-refractivity contribution in [3.8, 4) is 0 Å². The summed E-state index contributed by atoms with van der Waals surface area (Å²) >= 11 is 0. The van der Waals surface area contributed by atoms with E-state index in [4.69, 9.17) is 4.74 Å². The lowest BCUT2D eigenvalue weighted by molar-refractivity contribution is 0.125. The van der Waals surface area contributed by atoms with Crippen molar-refractivity contribution in [1.29, 1.82) is 0 Å².